The topological polar surface area (TPSA) is 71.1 Å². The van der Waals surface area contributed by atoms with E-state index in [1.807, 2.05) is 42.5 Å². The second-order valence-electron chi connectivity index (χ2n) is 8.63. The van der Waals surface area contributed by atoms with Crippen molar-refractivity contribution in [1.82, 2.24) is 4.90 Å². The van der Waals surface area contributed by atoms with Crippen LogP contribution < -0.4 is 15.0 Å². The number of benzene rings is 3. The molecule has 1 saturated heterocycles. The Balaban J connectivity index is 1.53. The summed E-state index contributed by atoms with van der Waals surface area (Å²) in [6, 6.07) is 22.3. The van der Waals surface area contributed by atoms with Crippen LogP contribution in [0.15, 0.2) is 72.8 Å². The summed E-state index contributed by atoms with van der Waals surface area (Å²) < 4.78 is 11.1. The number of esters is 1. The maximum atomic E-state index is 13.3. The van der Waals surface area contributed by atoms with Crippen LogP contribution in [0.2, 0.25) is 0 Å². The molecule has 1 N–H and O–H groups in total. The van der Waals surface area contributed by atoms with Crippen molar-refractivity contribution in [3.8, 4) is 5.75 Å². The predicted octanol–water partition coefficient (Wildman–Crippen LogP) is 4.84. The Bertz CT molecular complexity index is 1170. The maximum absolute atomic E-state index is 13.3. The van der Waals surface area contributed by atoms with Crippen LogP contribution in [0.25, 0.3) is 0 Å². The number of rotatable bonds is 9. The minimum Gasteiger partial charge on any atom is -0.489 e. The Labute approximate surface area is 212 Å². The standard InChI is InChI=1S/C29H33N3O4/c1-3-31-15-17-32(18-16-31)27-14-13-24(29(34)35-4-2)20-26(27)30-28(33)23-11-8-12-25(19-23)36-21-22-9-6-5-7-10-22/h5-14,19-20H,3-4,15-18,21H2,1-2H3,(H,30,33). The van der Waals surface area contributed by atoms with Crippen LogP contribution in [0.5, 0.6) is 5.75 Å². The van der Waals surface area contributed by atoms with E-state index >= 15 is 0 Å². The average molecular weight is 488 g/mol. The number of carbonyl (C=O) groups excluding carboxylic acids is 2. The van der Waals surface area contributed by atoms with Gasteiger partial charge in [-0.1, -0.05) is 43.3 Å². The smallest absolute Gasteiger partial charge is 0.338 e. The van der Waals surface area contributed by atoms with Crippen molar-refractivity contribution >= 4 is 23.3 Å². The SMILES string of the molecule is CCOC(=O)c1ccc(N2CCN(CC)CC2)c(NC(=O)c2cccc(OCc3ccccc3)c2)c1. The van der Waals surface area contributed by atoms with Gasteiger partial charge in [-0.2, -0.15) is 0 Å². The molecule has 4 rings (SSSR count). The van der Waals surface area contributed by atoms with E-state index in [9.17, 15) is 9.59 Å². The quantitative estimate of drug-likeness (QED) is 0.436. The average Bonchev–Trinajstić information content (AvgIpc) is 2.93. The van der Waals surface area contributed by atoms with E-state index in [0.29, 0.717) is 29.2 Å². The predicted molar refractivity (Wildman–Crippen MR) is 142 cm³/mol. The number of anilines is 2. The number of nitrogens with zero attached hydrogens (tertiary/aromatic N) is 2. The summed E-state index contributed by atoms with van der Waals surface area (Å²) in [6.07, 6.45) is 0. The number of ether oxygens (including phenoxy) is 2. The van der Waals surface area contributed by atoms with E-state index in [-0.39, 0.29) is 12.5 Å². The fraction of sp³-hybridized carbons (Fsp3) is 0.310. The van der Waals surface area contributed by atoms with Gasteiger partial charge in [0, 0.05) is 31.7 Å². The van der Waals surface area contributed by atoms with Gasteiger partial charge in [0.05, 0.1) is 23.5 Å². The van der Waals surface area contributed by atoms with Crippen molar-refractivity contribution in [2.45, 2.75) is 20.5 Å². The molecule has 188 valence electrons. The lowest BCUT2D eigenvalue weighted by Crippen LogP contribution is -2.46. The molecule has 0 aromatic heterocycles. The largest absolute Gasteiger partial charge is 0.489 e. The monoisotopic (exact) mass is 487 g/mol. The minimum absolute atomic E-state index is 0.269. The van der Waals surface area contributed by atoms with Crippen molar-refractivity contribution in [3.05, 3.63) is 89.5 Å². The van der Waals surface area contributed by atoms with Crippen molar-refractivity contribution in [1.29, 1.82) is 0 Å². The lowest BCUT2D eigenvalue weighted by Gasteiger charge is -2.36. The number of piperazine rings is 1. The van der Waals surface area contributed by atoms with E-state index in [0.717, 1.165) is 44.0 Å². The molecular formula is C29H33N3O4. The van der Waals surface area contributed by atoms with Crippen LogP contribution in [0.3, 0.4) is 0 Å². The molecule has 0 aliphatic carbocycles. The highest BCUT2D eigenvalue weighted by atomic mass is 16.5. The van der Waals surface area contributed by atoms with Crippen molar-refractivity contribution < 1.29 is 19.1 Å². The summed E-state index contributed by atoms with van der Waals surface area (Å²) >= 11 is 0. The van der Waals surface area contributed by atoms with E-state index in [1.165, 1.54) is 0 Å². The van der Waals surface area contributed by atoms with Gasteiger partial charge < -0.3 is 24.6 Å². The van der Waals surface area contributed by atoms with Crippen LogP contribution in [-0.4, -0.2) is 56.1 Å². The molecule has 7 nitrogen and oxygen atoms in total. The molecule has 0 spiro atoms. The molecule has 1 aliphatic heterocycles. The van der Waals surface area contributed by atoms with Gasteiger partial charge in [-0.05, 0) is 55.4 Å². The number of amides is 1. The van der Waals surface area contributed by atoms with Crippen LogP contribution in [0, 0.1) is 0 Å². The number of hydrogen-bond acceptors (Lipinski definition) is 6. The summed E-state index contributed by atoms with van der Waals surface area (Å²) in [5, 5.41) is 3.03. The Morgan fingerprint density at radius 3 is 2.36 bits per heavy atom. The lowest BCUT2D eigenvalue weighted by molar-refractivity contribution is 0.0526. The summed E-state index contributed by atoms with van der Waals surface area (Å²) in [5.41, 5.74) is 3.41. The molecule has 3 aromatic carbocycles. The molecule has 0 unspecified atom stereocenters. The first-order valence-corrected chi connectivity index (χ1v) is 12.4. The van der Waals surface area contributed by atoms with E-state index < -0.39 is 5.97 Å². The number of likely N-dealkylation sites (N-methyl/N-ethyl adjacent to an activating group) is 1. The van der Waals surface area contributed by atoms with Gasteiger partial charge >= 0.3 is 5.97 Å². The summed E-state index contributed by atoms with van der Waals surface area (Å²) in [6.45, 7) is 9.24. The zero-order valence-corrected chi connectivity index (χ0v) is 20.9. The molecule has 1 aliphatic rings. The minimum atomic E-state index is -0.410. The first-order chi connectivity index (χ1) is 17.6. The molecule has 0 atom stereocenters. The maximum Gasteiger partial charge on any atom is 0.338 e. The normalized spacial score (nSPS) is 13.8. The first kappa shape index (κ1) is 25.3. The van der Waals surface area contributed by atoms with Crippen molar-refractivity contribution in [2.24, 2.45) is 0 Å². The zero-order valence-electron chi connectivity index (χ0n) is 20.9. The third-order valence-corrected chi connectivity index (χ3v) is 6.26. The third kappa shape index (κ3) is 6.43. The second-order valence-corrected chi connectivity index (χ2v) is 8.63. The molecule has 36 heavy (non-hydrogen) atoms. The molecular weight excluding hydrogens is 454 g/mol. The Kier molecular flexibility index (Phi) is 8.57. The van der Waals surface area contributed by atoms with Gasteiger partial charge in [0.15, 0.2) is 0 Å². The summed E-state index contributed by atoms with van der Waals surface area (Å²) in [7, 11) is 0. The zero-order chi connectivity index (χ0) is 25.3. The van der Waals surface area contributed by atoms with Gasteiger partial charge in [-0.25, -0.2) is 4.79 Å². The lowest BCUT2D eigenvalue weighted by atomic mass is 10.1. The summed E-state index contributed by atoms with van der Waals surface area (Å²) in [5.74, 6) is -0.0658. The van der Waals surface area contributed by atoms with Gasteiger partial charge in [0.25, 0.3) is 5.91 Å². The Hall–Kier alpha value is -3.84. The fourth-order valence-corrected chi connectivity index (χ4v) is 4.22. The Morgan fingerprint density at radius 2 is 1.64 bits per heavy atom. The van der Waals surface area contributed by atoms with Crippen molar-refractivity contribution in [2.75, 3.05) is 49.5 Å². The van der Waals surface area contributed by atoms with Gasteiger partial charge in [-0.3, -0.25) is 4.79 Å². The van der Waals surface area contributed by atoms with Gasteiger partial charge in [-0.15, -0.1) is 0 Å². The molecule has 0 bridgehead atoms. The van der Waals surface area contributed by atoms with Gasteiger partial charge in [0.1, 0.15) is 12.4 Å². The molecule has 1 fully saturated rings. The second kappa shape index (κ2) is 12.2. The highest BCUT2D eigenvalue weighted by molar-refractivity contribution is 6.07. The number of hydrogen-bond donors (Lipinski definition) is 1. The number of carbonyl (C=O) groups is 2. The van der Waals surface area contributed by atoms with E-state index in [2.05, 4.69) is 22.0 Å². The van der Waals surface area contributed by atoms with Crippen molar-refractivity contribution in [3.63, 3.8) is 0 Å². The van der Waals surface area contributed by atoms with Crippen LogP contribution in [0.4, 0.5) is 11.4 Å². The van der Waals surface area contributed by atoms with Gasteiger partial charge in [0.2, 0.25) is 0 Å². The molecule has 0 saturated carbocycles. The summed E-state index contributed by atoms with van der Waals surface area (Å²) in [4.78, 5) is 30.3. The first-order valence-electron chi connectivity index (χ1n) is 12.4. The van der Waals surface area contributed by atoms with Crippen LogP contribution in [0.1, 0.15) is 40.1 Å². The molecule has 1 heterocycles. The van der Waals surface area contributed by atoms with Crippen LogP contribution >= 0.6 is 0 Å². The third-order valence-electron chi connectivity index (χ3n) is 6.26. The number of nitrogens with one attached hydrogen (secondary N) is 1. The van der Waals surface area contributed by atoms with Crippen LogP contribution in [-0.2, 0) is 11.3 Å². The molecule has 0 radical (unpaired) electrons. The highest BCUT2D eigenvalue weighted by Gasteiger charge is 2.21. The molecule has 7 heteroatoms. The fourth-order valence-electron chi connectivity index (χ4n) is 4.22. The Morgan fingerprint density at radius 1 is 0.861 bits per heavy atom. The highest BCUT2D eigenvalue weighted by Crippen LogP contribution is 2.29. The molecule has 1 amide bonds. The van der Waals surface area contributed by atoms with E-state index in [1.54, 1.807) is 37.3 Å². The van der Waals surface area contributed by atoms with E-state index in [4.69, 9.17) is 9.47 Å². The molecule has 3 aromatic rings.